The van der Waals surface area contributed by atoms with Crippen LogP contribution in [-0.2, 0) is 43.6 Å². The molecule has 0 amide bonds. The summed E-state index contributed by atoms with van der Waals surface area (Å²) in [7, 11) is 0. The Labute approximate surface area is 193 Å². The summed E-state index contributed by atoms with van der Waals surface area (Å²) in [6.07, 6.45) is -3.99. The molecule has 1 fully saturated rings. The van der Waals surface area contributed by atoms with Crippen molar-refractivity contribution in [1.29, 1.82) is 0 Å². The van der Waals surface area contributed by atoms with E-state index >= 15 is 0 Å². The molecular weight excluding hydrogens is 420 g/mol. The largest absolute Gasteiger partial charge is 0.368 e. The molecule has 1 aliphatic heterocycles. The van der Waals surface area contributed by atoms with Crippen LogP contribution in [0.5, 0.6) is 0 Å². The fourth-order valence-corrected chi connectivity index (χ4v) is 3.82. The second-order valence-corrected chi connectivity index (χ2v) is 7.91. The molecule has 33 heavy (non-hydrogen) atoms. The molecular formula is C27H28O6. The molecule has 1 N–H and O–H groups in total. The predicted octanol–water partition coefficient (Wildman–Crippen LogP) is 3.66. The third-order valence-corrected chi connectivity index (χ3v) is 5.54. The number of carbonyl (C=O) groups is 1. The Morgan fingerprint density at radius 2 is 1.03 bits per heavy atom. The monoisotopic (exact) mass is 448 g/mol. The molecule has 1 heterocycles. The summed E-state index contributed by atoms with van der Waals surface area (Å²) >= 11 is 0. The van der Waals surface area contributed by atoms with Crippen molar-refractivity contribution in [3.05, 3.63) is 108 Å². The summed E-state index contributed by atoms with van der Waals surface area (Å²) < 4.78 is 24.0. The van der Waals surface area contributed by atoms with Crippen LogP contribution in [0, 0.1) is 0 Å². The van der Waals surface area contributed by atoms with Gasteiger partial charge >= 0.3 is 0 Å². The Morgan fingerprint density at radius 1 is 0.636 bits per heavy atom. The maximum atomic E-state index is 11.8. The molecule has 3 aromatic rings. The van der Waals surface area contributed by atoms with Crippen molar-refractivity contribution in [2.24, 2.45) is 0 Å². The first-order chi connectivity index (χ1) is 16.2. The summed E-state index contributed by atoms with van der Waals surface area (Å²) in [5.74, 6) is 0. The maximum Gasteiger partial charge on any atom is 0.184 e. The Kier molecular flexibility index (Phi) is 8.35. The Morgan fingerprint density at radius 3 is 1.45 bits per heavy atom. The molecule has 172 valence electrons. The van der Waals surface area contributed by atoms with Crippen molar-refractivity contribution in [2.75, 3.05) is 0 Å². The third-order valence-electron chi connectivity index (χ3n) is 5.54. The zero-order chi connectivity index (χ0) is 22.9. The molecule has 6 heteroatoms. The molecule has 3 aromatic carbocycles. The van der Waals surface area contributed by atoms with E-state index in [4.69, 9.17) is 18.9 Å². The van der Waals surface area contributed by atoms with Crippen LogP contribution in [0.25, 0.3) is 0 Å². The normalized spacial score (nSPS) is 24.9. The number of benzene rings is 3. The third kappa shape index (κ3) is 6.35. The molecule has 0 aliphatic carbocycles. The van der Waals surface area contributed by atoms with Crippen LogP contribution in [0.3, 0.4) is 0 Å². The number of carbonyl (C=O) groups excluding carboxylic acids is 1. The van der Waals surface area contributed by atoms with Crippen molar-refractivity contribution in [2.45, 2.75) is 50.5 Å². The van der Waals surface area contributed by atoms with Crippen LogP contribution >= 0.6 is 0 Å². The van der Waals surface area contributed by atoms with E-state index in [2.05, 4.69) is 0 Å². The van der Waals surface area contributed by atoms with E-state index in [1.54, 1.807) is 0 Å². The number of aliphatic hydroxyl groups excluding tert-OH is 1. The molecule has 0 saturated carbocycles. The molecule has 1 saturated heterocycles. The second-order valence-electron chi connectivity index (χ2n) is 7.91. The van der Waals surface area contributed by atoms with Crippen LogP contribution in [0.15, 0.2) is 91.0 Å². The maximum absolute atomic E-state index is 11.8. The lowest BCUT2D eigenvalue weighted by atomic mass is 9.98. The number of hydrogen-bond acceptors (Lipinski definition) is 6. The molecule has 6 nitrogen and oxygen atoms in total. The fourth-order valence-electron chi connectivity index (χ4n) is 3.82. The second kappa shape index (κ2) is 11.8. The van der Waals surface area contributed by atoms with E-state index in [1.165, 1.54) is 0 Å². The number of hydrogen-bond donors (Lipinski definition) is 1. The number of aldehydes is 1. The van der Waals surface area contributed by atoms with E-state index in [0.717, 1.165) is 16.7 Å². The summed E-state index contributed by atoms with van der Waals surface area (Å²) in [6.45, 7) is 0.806. The van der Waals surface area contributed by atoms with Crippen molar-refractivity contribution >= 4 is 6.29 Å². The van der Waals surface area contributed by atoms with Gasteiger partial charge in [0.2, 0.25) is 0 Å². The molecule has 0 aromatic heterocycles. The van der Waals surface area contributed by atoms with Crippen LogP contribution in [0.4, 0.5) is 0 Å². The van der Waals surface area contributed by atoms with Crippen LogP contribution in [0.1, 0.15) is 16.7 Å². The van der Waals surface area contributed by atoms with Gasteiger partial charge in [0.25, 0.3) is 0 Å². The SMILES string of the molecule is O=C[C@H]1O[C@H](O)[C@@H](OCc2ccccc2)[C@@H](OCc2ccccc2)[C@@H]1OCc1ccccc1. The lowest BCUT2D eigenvalue weighted by molar-refractivity contribution is -0.303. The average molecular weight is 449 g/mol. The van der Waals surface area contributed by atoms with Gasteiger partial charge in [-0.3, -0.25) is 0 Å². The first-order valence-corrected chi connectivity index (χ1v) is 11.0. The van der Waals surface area contributed by atoms with Gasteiger partial charge < -0.3 is 28.8 Å². The first-order valence-electron chi connectivity index (χ1n) is 11.0. The molecule has 0 bridgehead atoms. The van der Waals surface area contributed by atoms with Gasteiger partial charge in [-0.05, 0) is 16.7 Å². The fraction of sp³-hybridized carbons (Fsp3) is 0.296. The number of aliphatic hydroxyl groups is 1. The number of ether oxygens (including phenoxy) is 4. The van der Waals surface area contributed by atoms with E-state index in [9.17, 15) is 9.90 Å². The highest BCUT2D eigenvalue weighted by molar-refractivity contribution is 5.57. The lowest BCUT2D eigenvalue weighted by Crippen LogP contribution is -2.60. The van der Waals surface area contributed by atoms with Gasteiger partial charge in [-0.2, -0.15) is 0 Å². The summed E-state index contributed by atoms with van der Waals surface area (Å²) in [4.78, 5) is 11.8. The van der Waals surface area contributed by atoms with Crippen LogP contribution in [-0.4, -0.2) is 42.1 Å². The molecule has 4 rings (SSSR count). The van der Waals surface area contributed by atoms with E-state index in [1.807, 2.05) is 91.0 Å². The Balaban J connectivity index is 1.54. The highest BCUT2D eigenvalue weighted by atomic mass is 16.7. The highest BCUT2D eigenvalue weighted by Crippen LogP contribution is 2.29. The molecule has 1 aliphatic rings. The van der Waals surface area contributed by atoms with Gasteiger partial charge in [-0.25, -0.2) is 0 Å². The van der Waals surface area contributed by atoms with E-state index in [-0.39, 0.29) is 19.8 Å². The summed E-state index contributed by atoms with van der Waals surface area (Å²) in [5, 5.41) is 10.7. The van der Waals surface area contributed by atoms with Gasteiger partial charge in [-0.15, -0.1) is 0 Å². The zero-order valence-corrected chi connectivity index (χ0v) is 18.2. The van der Waals surface area contributed by atoms with Crippen LogP contribution < -0.4 is 0 Å². The number of rotatable bonds is 10. The predicted molar refractivity (Wildman–Crippen MR) is 122 cm³/mol. The van der Waals surface area contributed by atoms with Crippen molar-refractivity contribution in [3.63, 3.8) is 0 Å². The summed E-state index contributed by atoms with van der Waals surface area (Å²) in [6, 6.07) is 29.0. The van der Waals surface area contributed by atoms with Gasteiger partial charge in [0.15, 0.2) is 12.6 Å². The minimum absolute atomic E-state index is 0.258. The minimum Gasteiger partial charge on any atom is -0.368 e. The van der Waals surface area contributed by atoms with Gasteiger partial charge in [0.05, 0.1) is 19.8 Å². The van der Waals surface area contributed by atoms with Crippen molar-refractivity contribution in [3.8, 4) is 0 Å². The first kappa shape index (κ1) is 23.3. The Bertz CT molecular complexity index is 966. The standard InChI is InChI=1S/C27H28O6/c28-16-23-24(30-17-20-10-4-1-5-11-20)25(31-18-21-12-6-2-7-13-21)26(27(29)33-23)32-19-22-14-8-3-9-15-22/h1-16,23-27,29H,17-19H2/t23-,24-,25+,26+,27+/m1/s1. The summed E-state index contributed by atoms with van der Waals surface area (Å²) in [5.41, 5.74) is 2.87. The quantitative estimate of drug-likeness (QED) is 0.477. The smallest absolute Gasteiger partial charge is 0.184 e. The van der Waals surface area contributed by atoms with Gasteiger partial charge in [-0.1, -0.05) is 91.0 Å². The van der Waals surface area contributed by atoms with E-state index < -0.39 is 30.7 Å². The molecule has 0 unspecified atom stereocenters. The topological polar surface area (TPSA) is 74.2 Å². The minimum atomic E-state index is -1.33. The molecule has 0 spiro atoms. The van der Waals surface area contributed by atoms with Gasteiger partial charge in [0.1, 0.15) is 24.4 Å². The van der Waals surface area contributed by atoms with Crippen LogP contribution in [0.2, 0.25) is 0 Å². The Hall–Kier alpha value is -2.87. The average Bonchev–Trinajstić information content (AvgIpc) is 2.87. The molecule has 5 atom stereocenters. The van der Waals surface area contributed by atoms with Crippen molar-refractivity contribution in [1.82, 2.24) is 0 Å². The molecule has 0 radical (unpaired) electrons. The van der Waals surface area contributed by atoms with Crippen molar-refractivity contribution < 1.29 is 28.8 Å². The highest BCUT2D eigenvalue weighted by Gasteiger charge is 2.47. The lowest BCUT2D eigenvalue weighted by Gasteiger charge is -2.42. The van der Waals surface area contributed by atoms with Gasteiger partial charge in [0, 0.05) is 0 Å². The van der Waals surface area contributed by atoms with E-state index in [0.29, 0.717) is 6.29 Å². The zero-order valence-electron chi connectivity index (χ0n) is 18.2.